The Morgan fingerprint density at radius 2 is 1.62 bits per heavy atom. The SMILES string of the molecule is O=C(NCc1ccc(F)cc1)N1CC2=C(C1)CN(S(=O)(=O)c1ccc(C(F)(F)F)nc1)C2. The van der Waals surface area contributed by atoms with Gasteiger partial charge in [0.25, 0.3) is 0 Å². The standard InChI is InChI=1S/C20H18F4N4O3S/c21-16-3-1-13(2-4-16)7-26-19(29)27-9-14-11-28(12-15(14)10-27)32(30,31)17-5-6-18(25-8-17)20(22,23)24/h1-6,8H,7,9-12H2,(H,26,29). The molecule has 4 rings (SSSR count). The van der Waals surface area contributed by atoms with E-state index >= 15 is 0 Å². The molecular weight excluding hydrogens is 452 g/mol. The molecule has 0 atom stereocenters. The zero-order valence-corrected chi connectivity index (χ0v) is 17.4. The molecule has 2 aromatic rings. The molecular formula is C20H18F4N4O3S. The number of rotatable bonds is 4. The summed E-state index contributed by atoms with van der Waals surface area (Å²) in [5.41, 5.74) is 1.14. The van der Waals surface area contributed by atoms with Gasteiger partial charge in [-0.25, -0.2) is 17.6 Å². The average Bonchev–Trinajstić information content (AvgIpc) is 3.32. The number of hydrogen-bond acceptors (Lipinski definition) is 4. The van der Waals surface area contributed by atoms with Crippen LogP contribution in [-0.2, 0) is 22.7 Å². The van der Waals surface area contributed by atoms with Crippen molar-refractivity contribution in [1.29, 1.82) is 0 Å². The highest BCUT2D eigenvalue weighted by Crippen LogP contribution is 2.31. The Labute approximate surface area is 181 Å². The van der Waals surface area contributed by atoms with E-state index in [1.54, 1.807) is 12.1 Å². The van der Waals surface area contributed by atoms with Crippen molar-refractivity contribution in [1.82, 2.24) is 19.5 Å². The zero-order valence-electron chi connectivity index (χ0n) is 16.6. The monoisotopic (exact) mass is 470 g/mol. The minimum atomic E-state index is -4.65. The minimum absolute atomic E-state index is 0.0560. The molecule has 170 valence electrons. The first kappa shape index (κ1) is 22.2. The van der Waals surface area contributed by atoms with Crippen LogP contribution in [0.5, 0.6) is 0 Å². The second-order valence-electron chi connectivity index (χ2n) is 7.50. The molecule has 0 aliphatic carbocycles. The molecule has 2 amide bonds. The van der Waals surface area contributed by atoms with Gasteiger partial charge in [-0.15, -0.1) is 0 Å². The summed E-state index contributed by atoms with van der Waals surface area (Å²) in [4.78, 5) is 16.9. The second-order valence-corrected chi connectivity index (χ2v) is 9.44. The van der Waals surface area contributed by atoms with E-state index in [9.17, 15) is 30.8 Å². The van der Waals surface area contributed by atoms with Crippen molar-refractivity contribution in [3.8, 4) is 0 Å². The van der Waals surface area contributed by atoms with Crippen molar-refractivity contribution in [2.75, 3.05) is 26.2 Å². The number of sulfonamides is 1. The summed E-state index contributed by atoms with van der Waals surface area (Å²) in [6.45, 7) is 0.840. The Morgan fingerprint density at radius 1 is 1.00 bits per heavy atom. The van der Waals surface area contributed by atoms with Crippen LogP contribution in [0.3, 0.4) is 0 Å². The summed E-state index contributed by atoms with van der Waals surface area (Å²) in [6, 6.07) is 6.93. The number of amides is 2. The van der Waals surface area contributed by atoms with Crippen LogP contribution >= 0.6 is 0 Å². The van der Waals surface area contributed by atoms with E-state index in [-0.39, 0.29) is 49.5 Å². The fourth-order valence-electron chi connectivity index (χ4n) is 3.60. The lowest BCUT2D eigenvalue weighted by Crippen LogP contribution is -2.41. The maximum absolute atomic E-state index is 13.0. The van der Waals surface area contributed by atoms with Crippen molar-refractivity contribution in [2.24, 2.45) is 0 Å². The van der Waals surface area contributed by atoms with Gasteiger partial charge in [-0.3, -0.25) is 4.98 Å². The molecule has 12 heteroatoms. The number of alkyl halides is 3. The smallest absolute Gasteiger partial charge is 0.334 e. The van der Waals surface area contributed by atoms with Gasteiger partial charge in [0.1, 0.15) is 16.4 Å². The van der Waals surface area contributed by atoms with Gasteiger partial charge in [0.05, 0.1) is 0 Å². The molecule has 0 unspecified atom stereocenters. The van der Waals surface area contributed by atoms with E-state index in [0.29, 0.717) is 12.3 Å². The molecule has 7 nitrogen and oxygen atoms in total. The van der Waals surface area contributed by atoms with Crippen LogP contribution < -0.4 is 5.32 Å². The topological polar surface area (TPSA) is 82.6 Å². The van der Waals surface area contributed by atoms with Gasteiger partial charge in [0, 0.05) is 38.9 Å². The lowest BCUT2D eigenvalue weighted by atomic mass is 10.2. The van der Waals surface area contributed by atoms with Crippen LogP contribution in [0.25, 0.3) is 0 Å². The van der Waals surface area contributed by atoms with E-state index in [2.05, 4.69) is 10.3 Å². The maximum atomic E-state index is 13.0. The first-order valence-corrected chi connectivity index (χ1v) is 11.0. The van der Waals surface area contributed by atoms with Gasteiger partial charge in [-0.05, 0) is 41.0 Å². The Kier molecular flexibility index (Phi) is 5.67. The highest BCUT2D eigenvalue weighted by Gasteiger charge is 2.38. The Hall–Kier alpha value is -2.99. The van der Waals surface area contributed by atoms with Crippen LogP contribution in [0.4, 0.5) is 22.4 Å². The van der Waals surface area contributed by atoms with E-state index < -0.39 is 21.9 Å². The fourth-order valence-corrected chi connectivity index (χ4v) is 4.98. The second kappa shape index (κ2) is 8.17. The number of nitrogens with one attached hydrogen (secondary N) is 1. The molecule has 0 saturated carbocycles. The third-order valence-corrected chi connectivity index (χ3v) is 7.08. The molecule has 1 aromatic carbocycles. The molecule has 0 radical (unpaired) electrons. The third-order valence-electron chi connectivity index (χ3n) is 5.31. The van der Waals surface area contributed by atoms with Gasteiger partial charge in [0.2, 0.25) is 10.0 Å². The number of hydrogen-bond donors (Lipinski definition) is 1. The van der Waals surface area contributed by atoms with E-state index in [4.69, 9.17) is 0 Å². The van der Waals surface area contributed by atoms with Crippen LogP contribution in [0, 0.1) is 5.82 Å². The summed E-state index contributed by atoms with van der Waals surface area (Å²) in [5.74, 6) is -0.369. The largest absolute Gasteiger partial charge is 0.433 e. The van der Waals surface area contributed by atoms with Crippen molar-refractivity contribution >= 4 is 16.1 Å². The van der Waals surface area contributed by atoms with E-state index in [0.717, 1.165) is 27.1 Å². The fraction of sp³-hybridized carbons (Fsp3) is 0.300. The Bertz CT molecular complexity index is 1140. The van der Waals surface area contributed by atoms with Crippen LogP contribution in [0.1, 0.15) is 11.3 Å². The highest BCUT2D eigenvalue weighted by molar-refractivity contribution is 7.89. The zero-order chi connectivity index (χ0) is 23.1. The lowest BCUT2D eigenvalue weighted by Gasteiger charge is -2.23. The van der Waals surface area contributed by atoms with Gasteiger partial charge in [-0.1, -0.05) is 12.1 Å². The summed E-state index contributed by atoms with van der Waals surface area (Å²) >= 11 is 0. The maximum Gasteiger partial charge on any atom is 0.433 e. The minimum Gasteiger partial charge on any atom is -0.334 e. The van der Waals surface area contributed by atoms with Gasteiger partial charge in [-0.2, -0.15) is 17.5 Å². The number of halogens is 4. The number of aromatic nitrogens is 1. The van der Waals surface area contributed by atoms with Crippen molar-refractivity contribution in [3.63, 3.8) is 0 Å². The predicted molar refractivity (Wildman–Crippen MR) is 105 cm³/mol. The van der Waals surface area contributed by atoms with Crippen LogP contribution in [0.15, 0.2) is 58.6 Å². The predicted octanol–water partition coefficient (Wildman–Crippen LogP) is 2.77. The molecule has 1 aromatic heterocycles. The molecule has 32 heavy (non-hydrogen) atoms. The van der Waals surface area contributed by atoms with Crippen molar-refractivity contribution in [2.45, 2.75) is 17.6 Å². The molecule has 0 spiro atoms. The molecule has 2 aliphatic heterocycles. The highest BCUT2D eigenvalue weighted by atomic mass is 32.2. The van der Waals surface area contributed by atoms with Gasteiger partial charge in [0.15, 0.2) is 0 Å². The quantitative estimate of drug-likeness (QED) is 0.551. The average molecular weight is 470 g/mol. The summed E-state index contributed by atoms with van der Waals surface area (Å²) in [6.07, 6.45) is -3.95. The first-order chi connectivity index (χ1) is 15.0. The molecule has 3 heterocycles. The molecule has 0 fully saturated rings. The molecule has 0 bridgehead atoms. The molecule has 2 aliphatic rings. The Morgan fingerprint density at radius 3 is 2.16 bits per heavy atom. The number of carbonyl (C=O) groups is 1. The van der Waals surface area contributed by atoms with Crippen LogP contribution in [0.2, 0.25) is 0 Å². The van der Waals surface area contributed by atoms with Gasteiger partial charge >= 0.3 is 12.2 Å². The third kappa shape index (κ3) is 4.46. The number of urea groups is 1. The lowest BCUT2D eigenvalue weighted by molar-refractivity contribution is -0.141. The number of nitrogens with zero attached hydrogens (tertiary/aromatic N) is 3. The summed E-state index contributed by atoms with van der Waals surface area (Å²) < 4.78 is 77.7. The van der Waals surface area contributed by atoms with E-state index in [1.165, 1.54) is 17.0 Å². The molecule has 0 saturated heterocycles. The van der Waals surface area contributed by atoms with E-state index in [1.807, 2.05) is 0 Å². The number of benzene rings is 1. The summed E-state index contributed by atoms with van der Waals surface area (Å²) in [5, 5.41) is 2.74. The number of pyridine rings is 1. The van der Waals surface area contributed by atoms with Crippen LogP contribution in [-0.4, -0.2) is 54.8 Å². The normalized spacial score (nSPS) is 17.1. The van der Waals surface area contributed by atoms with Crippen molar-refractivity contribution in [3.05, 3.63) is 70.8 Å². The summed E-state index contributed by atoms with van der Waals surface area (Å²) in [7, 11) is -4.02. The number of carbonyl (C=O) groups excluding carboxylic acids is 1. The van der Waals surface area contributed by atoms with Crippen molar-refractivity contribution < 1.29 is 30.8 Å². The van der Waals surface area contributed by atoms with Gasteiger partial charge < -0.3 is 10.2 Å². The first-order valence-electron chi connectivity index (χ1n) is 9.54. The Balaban J connectivity index is 1.34. The molecule has 1 N–H and O–H groups in total.